The van der Waals surface area contributed by atoms with Gasteiger partial charge in [0, 0.05) is 29.8 Å². The topological polar surface area (TPSA) is 52.0 Å². The van der Waals surface area contributed by atoms with Crippen molar-refractivity contribution in [1.82, 2.24) is 9.55 Å². The number of aromatic nitrogens is 2. The summed E-state index contributed by atoms with van der Waals surface area (Å²) in [4.78, 5) is 3.68. The van der Waals surface area contributed by atoms with Crippen LogP contribution in [0.25, 0.3) is 0 Å². The molecule has 0 spiro atoms. The molecule has 0 saturated heterocycles. The monoisotopic (exact) mass is 290 g/mol. The van der Waals surface area contributed by atoms with Crippen LogP contribution in [0.15, 0.2) is 11.2 Å². The largest absolute Gasteiger partial charge is 0.390 e. The summed E-state index contributed by atoms with van der Waals surface area (Å²) in [5, 5.41) is -0.418. The second kappa shape index (κ2) is 4.85. The molecule has 0 aliphatic carbocycles. The van der Waals surface area contributed by atoms with Crippen molar-refractivity contribution in [2.45, 2.75) is 37.5 Å². The standard InChI is InChI=1S/C8H10ClF3N2O2S/c1-2-6-13-7(17(9,15)16)5-14(6)4-3-8(10,11)12/h5H,2-4H2,1H3. The molecule has 1 rings (SSSR count). The molecule has 0 aliphatic rings. The number of aryl methyl sites for hydroxylation is 2. The van der Waals surface area contributed by atoms with Gasteiger partial charge in [-0.2, -0.15) is 13.2 Å². The van der Waals surface area contributed by atoms with Crippen LogP contribution in [0.1, 0.15) is 19.2 Å². The highest BCUT2D eigenvalue weighted by Crippen LogP contribution is 2.22. The lowest BCUT2D eigenvalue weighted by Crippen LogP contribution is -2.13. The van der Waals surface area contributed by atoms with Gasteiger partial charge in [0.2, 0.25) is 0 Å². The van der Waals surface area contributed by atoms with Gasteiger partial charge < -0.3 is 4.57 Å². The molecule has 0 aliphatic heterocycles. The zero-order chi connectivity index (χ0) is 13.3. The second-order valence-corrected chi connectivity index (χ2v) is 5.86. The summed E-state index contributed by atoms with van der Waals surface area (Å²) in [7, 11) is 1.06. The van der Waals surface area contributed by atoms with E-state index in [2.05, 4.69) is 4.98 Å². The Morgan fingerprint density at radius 1 is 1.47 bits per heavy atom. The molecule has 1 aromatic heterocycles. The molecule has 0 radical (unpaired) electrons. The van der Waals surface area contributed by atoms with E-state index in [9.17, 15) is 21.6 Å². The maximum atomic E-state index is 12.0. The maximum Gasteiger partial charge on any atom is 0.390 e. The van der Waals surface area contributed by atoms with Crippen molar-refractivity contribution < 1.29 is 21.6 Å². The first-order valence-corrected chi connectivity index (χ1v) is 7.02. The first-order chi connectivity index (χ1) is 7.63. The van der Waals surface area contributed by atoms with E-state index < -0.39 is 26.7 Å². The molecular formula is C8H10ClF3N2O2S. The summed E-state index contributed by atoms with van der Waals surface area (Å²) in [5.74, 6) is 0.258. The van der Waals surface area contributed by atoms with Crippen LogP contribution in [-0.2, 0) is 22.0 Å². The zero-order valence-electron chi connectivity index (χ0n) is 8.83. The van der Waals surface area contributed by atoms with Gasteiger partial charge in [0.25, 0.3) is 9.05 Å². The Balaban J connectivity index is 2.96. The van der Waals surface area contributed by atoms with E-state index in [1.807, 2.05) is 0 Å². The second-order valence-electron chi connectivity index (χ2n) is 3.35. The van der Waals surface area contributed by atoms with Gasteiger partial charge in [0.1, 0.15) is 5.82 Å². The van der Waals surface area contributed by atoms with Crippen LogP contribution < -0.4 is 0 Å². The molecule has 9 heteroatoms. The summed E-state index contributed by atoms with van der Waals surface area (Å²) in [6.45, 7) is 1.29. The quantitative estimate of drug-likeness (QED) is 0.800. The van der Waals surface area contributed by atoms with Gasteiger partial charge in [-0.05, 0) is 0 Å². The van der Waals surface area contributed by atoms with Crippen LogP contribution in [0.3, 0.4) is 0 Å². The molecule has 0 amide bonds. The molecule has 98 valence electrons. The lowest BCUT2D eigenvalue weighted by molar-refractivity contribution is -0.136. The van der Waals surface area contributed by atoms with Crippen LogP contribution in [-0.4, -0.2) is 24.1 Å². The summed E-state index contributed by atoms with van der Waals surface area (Å²) in [6, 6.07) is 0. The smallest absolute Gasteiger partial charge is 0.333 e. The summed E-state index contributed by atoms with van der Waals surface area (Å²) in [6.07, 6.45) is -4.00. The molecule has 0 aromatic carbocycles. The van der Waals surface area contributed by atoms with Gasteiger partial charge in [0.15, 0.2) is 5.03 Å². The Labute approximate surface area is 101 Å². The van der Waals surface area contributed by atoms with Crippen molar-refractivity contribution >= 4 is 19.7 Å². The van der Waals surface area contributed by atoms with E-state index in [-0.39, 0.29) is 12.4 Å². The Morgan fingerprint density at radius 3 is 2.47 bits per heavy atom. The van der Waals surface area contributed by atoms with E-state index in [1.54, 1.807) is 6.92 Å². The highest BCUT2D eigenvalue weighted by atomic mass is 35.7. The third-order valence-corrected chi connectivity index (χ3v) is 3.21. The number of hydrogen-bond acceptors (Lipinski definition) is 3. The van der Waals surface area contributed by atoms with E-state index in [4.69, 9.17) is 10.7 Å². The number of nitrogens with zero attached hydrogens (tertiary/aromatic N) is 2. The SMILES string of the molecule is CCc1nc(S(=O)(=O)Cl)cn1CCC(F)(F)F. The molecule has 0 unspecified atom stereocenters. The minimum Gasteiger partial charge on any atom is -0.333 e. The summed E-state index contributed by atoms with van der Waals surface area (Å²) < 4.78 is 59.2. The normalized spacial score (nSPS) is 13.0. The lowest BCUT2D eigenvalue weighted by atomic mass is 10.4. The molecule has 1 heterocycles. The fraction of sp³-hybridized carbons (Fsp3) is 0.625. The highest BCUT2D eigenvalue weighted by molar-refractivity contribution is 8.13. The predicted molar refractivity (Wildman–Crippen MR) is 55.3 cm³/mol. The van der Waals surface area contributed by atoms with Crippen molar-refractivity contribution in [3.8, 4) is 0 Å². The Hall–Kier alpha value is -0.760. The first kappa shape index (κ1) is 14.3. The van der Waals surface area contributed by atoms with Crippen LogP contribution in [0, 0.1) is 0 Å². The molecule has 0 atom stereocenters. The van der Waals surface area contributed by atoms with E-state index in [0.717, 1.165) is 10.8 Å². The number of rotatable bonds is 4. The first-order valence-electron chi connectivity index (χ1n) is 4.71. The van der Waals surface area contributed by atoms with Crippen molar-refractivity contribution in [3.05, 3.63) is 12.0 Å². The fourth-order valence-corrected chi connectivity index (χ4v) is 1.96. The minimum atomic E-state index is -4.30. The maximum absolute atomic E-state index is 12.0. The van der Waals surface area contributed by atoms with Crippen LogP contribution in [0.5, 0.6) is 0 Å². The van der Waals surface area contributed by atoms with E-state index in [1.165, 1.54) is 0 Å². The fourth-order valence-electron chi connectivity index (χ4n) is 1.27. The van der Waals surface area contributed by atoms with Crippen molar-refractivity contribution in [2.75, 3.05) is 0 Å². The van der Waals surface area contributed by atoms with Gasteiger partial charge in [-0.3, -0.25) is 0 Å². The van der Waals surface area contributed by atoms with Crippen LogP contribution in [0.4, 0.5) is 13.2 Å². The molecule has 17 heavy (non-hydrogen) atoms. The minimum absolute atomic E-state index is 0.258. The number of hydrogen-bond donors (Lipinski definition) is 0. The van der Waals surface area contributed by atoms with Crippen molar-refractivity contribution in [2.24, 2.45) is 0 Å². The Morgan fingerprint density at radius 2 is 2.06 bits per heavy atom. The molecule has 0 saturated carbocycles. The molecule has 1 aromatic rings. The van der Waals surface area contributed by atoms with Crippen molar-refractivity contribution in [1.29, 1.82) is 0 Å². The Kier molecular flexibility index (Phi) is 4.08. The molecular weight excluding hydrogens is 281 g/mol. The third-order valence-electron chi connectivity index (χ3n) is 2.04. The number of alkyl halides is 3. The number of halogens is 4. The molecule has 0 fully saturated rings. The van der Waals surface area contributed by atoms with Gasteiger partial charge in [-0.25, -0.2) is 13.4 Å². The highest BCUT2D eigenvalue weighted by Gasteiger charge is 2.27. The van der Waals surface area contributed by atoms with Crippen molar-refractivity contribution in [3.63, 3.8) is 0 Å². The molecule has 4 nitrogen and oxygen atoms in total. The molecule has 0 bridgehead atoms. The van der Waals surface area contributed by atoms with Crippen LogP contribution in [0.2, 0.25) is 0 Å². The summed E-state index contributed by atoms with van der Waals surface area (Å²) in [5.41, 5.74) is 0. The summed E-state index contributed by atoms with van der Waals surface area (Å²) >= 11 is 0. The van der Waals surface area contributed by atoms with Gasteiger partial charge in [0.05, 0.1) is 6.42 Å². The predicted octanol–water partition coefficient (Wildman–Crippen LogP) is 2.33. The molecule has 0 N–H and O–H groups in total. The van der Waals surface area contributed by atoms with Gasteiger partial charge in [-0.1, -0.05) is 6.92 Å². The zero-order valence-corrected chi connectivity index (χ0v) is 10.4. The van der Waals surface area contributed by atoms with Crippen LogP contribution >= 0.6 is 10.7 Å². The number of imidazole rings is 1. The lowest BCUT2D eigenvalue weighted by Gasteiger charge is -2.08. The average molecular weight is 291 g/mol. The van der Waals surface area contributed by atoms with E-state index in [0.29, 0.717) is 6.42 Å². The van der Waals surface area contributed by atoms with E-state index >= 15 is 0 Å². The van der Waals surface area contributed by atoms with Gasteiger partial charge >= 0.3 is 6.18 Å². The van der Waals surface area contributed by atoms with Gasteiger partial charge in [-0.15, -0.1) is 0 Å². The third kappa shape index (κ3) is 4.19. The Bertz CT molecular complexity index is 495. The average Bonchev–Trinajstić information content (AvgIpc) is 2.55.